The van der Waals surface area contributed by atoms with E-state index in [-0.39, 0.29) is 25.7 Å². The Balaban J connectivity index is 5.21. The first kappa shape index (κ1) is 75.1. The van der Waals surface area contributed by atoms with Crippen LogP contribution < -0.4 is 0 Å². The summed E-state index contributed by atoms with van der Waals surface area (Å²) in [5, 5.41) is 10.5. The number of hydrogen-bond donors (Lipinski definition) is 3. The van der Waals surface area contributed by atoms with E-state index in [1.54, 1.807) is 0 Å². The van der Waals surface area contributed by atoms with E-state index in [9.17, 15) is 43.2 Å². The molecule has 0 bridgehead atoms. The molecule has 77 heavy (non-hydrogen) atoms. The summed E-state index contributed by atoms with van der Waals surface area (Å²) >= 11 is 0. The molecule has 0 aromatic heterocycles. The van der Waals surface area contributed by atoms with E-state index in [0.717, 1.165) is 121 Å². The number of aliphatic hydroxyl groups is 1. The van der Waals surface area contributed by atoms with Gasteiger partial charge >= 0.3 is 39.5 Å². The minimum Gasteiger partial charge on any atom is -0.462 e. The highest BCUT2D eigenvalue weighted by Crippen LogP contribution is 2.45. The minimum absolute atomic E-state index is 0.104. The van der Waals surface area contributed by atoms with Gasteiger partial charge in [-0.2, -0.15) is 0 Å². The molecule has 0 rings (SSSR count). The smallest absolute Gasteiger partial charge is 0.462 e. The van der Waals surface area contributed by atoms with E-state index in [0.29, 0.717) is 25.7 Å². The Hall–Kier alpha value is -1.94. The molecular weight excluding hydrogens is 1030 g/mol. The van der Waals surface area contributed by atoms with Crippen LogP contribution in [0, 0.1) is 11.8 Å². The average Bonchev–Trinajstić information content (AvgIpc) is 3.38. The SMILES string of the molecule is CCCCCCCCCCC(=O)O[C@H](COC(=O)CCCCCCCCC)COP(=O)(O)OC[C@H](O)COP(=O)(O)OC[C@@H](COC(=O)CCCCCCCCCCC(C)C)OC(=O)CCCCCCCCCCC(C)C. The van der Waals surface area contributed by atoms with Gasteiger partial charge in [0.15, 0.2) is 12.2 Å². The van der Waals surface area contributed by atoms with E-state index >= 15 is 0 Å². The lowest BCUT2D eigenvalue weighted by Gasteiger charge is -2.21. The van der Waals surface area contributed by atoms with Crippen LogP contribution in [0.2, 0.25) is 0 Å². The minimum atomic E-state index is -4.94. The van der Waals surface area contributed by atoms with Crippen molar-refractivity contribution in [1.29, 1.82) is 0 Å². The first-order valence-corrected chi connectivity index (χ1v) is 33.5. The number of phosphoric acid groups is 2. The van der Waals surface area contributed by atoms with Crippen LogP contribution >= 0.6 is 15.6 Å². The molecule has 0 aliphatic heterocycles. The number of hydrogen-bond acceptors (Lipinski definition) is 15. The number of carbonyl (C=O) groups is 4. The summed E-state index contributed by atoms with van der Waals surface area (Å²) in [4.78, 5) is 71.7. The van der Waals surface area contributed by atoms with Crippen molar-refractivity contribution >= 4 is 39.5 Å². The summed E-state index contributed by atoms with van der Waals surface area (Å²) in [7, 11) is -9.87. The zero-order valence-corrected chi connectivity index (χ0v) is 51.0. The van der Waals surface area contributed by atoms with E-state index in [4.69, 9.17) is 37.0 Å². The van der Waals surface area contributed by atoms with Crippen molar-refractivity contribution in [3.63, 3.8) is 0 Å². The third kappa shape index (κ3) is 53.2. The highest BCUT2D eigenvalue weighted by Gasteiger charge is 2.30. The van der Waals surface area contributed by atoms with E-state index in [2.05, 4.69) is 41.5 Å². The lowest BCUT2D eigenvalue weighted by molar-refractivity contribution is -0.161. The fourth-order valence-electron chi connectivity index (χ4n) is 8.47. The number of rotatable bonds is 57. The number of ether oxygens (including phenoxy) is 4. The highest BCUT2D eigenvalue weighted by molar-refractivity contribution is 7.47. The normalized spacial score (nSPS) is 14.5. The molecule has 0 amide bonds. The van der Waals surface area contributed by atoms with Crippen molar-refractivity contribution in [1.82, 2.24) is 0 Å². The van der Waals surface area contributed by atoms with Gasteiger partial charge in [-0.3, -0.25) is 37.3 Å². The van der Waals surface area contributed by atoms with Crippen molar-refractivity contribution in [3.8, 4) is 0 Å². The quantitative estimate of drug-likeness (QED) is 0.0222. The van der Waals surface area contributed by atoms with Crippen LogP contribution in [0.15, 0.2) is 0 Å². The lowest BCUT2D eigenvalue weighted by Crippen LogP contribution is -2.30. The van der Waals surface area contributed by atoms with Crippen molar-refractivity contribution in [3.05, 3.63) is 0 Å². The third-order valence-electron chi connectivity index (χ3n) is 13.2. The Kier molecular flexibility index (Phi) is 49.7. The van der Waals surface area contributed by atoms with Crippen molar-refractivity contribution in [2.24, 2.45) is 11.8 Å². The molecule has 0 fully saturated rings. The fraction of sp³-hybridized carbons (Fsp3) is 0.931. The Morgan fingerprint density at radius 1 is 0.351 bits per heavy atom. The van der Waals surface area contributed by atoms with Gasteiger partial charge in [-0.15, -0.1) is 0 Å². The van der Waals surface area contributed by atoms with Gasteiger partial charge in [-0.05, 0) is 37.5 Å². The molecule has 0 spiro atoms. The molecule has 17 nitrogen and oxygen atoms in total. The maximum Gasteiger partial charge on any atom is 0.472 e. The fourth-order valence-corrected chi connectivity index (χ4v) is 10.0. The van der Waals surface area contributed by atoms with E-state index < -0.39 is 97.5 Å². The lowest BCUT2D eigenvalue weighted by atomic mass is 10.0. The van der Waals surface area contributed by atoms with Crippen LogP contribution in [-0.2, 0) is 65.4 Å². The van der Waals surface area contributed by atoms with Crippen molar-refractivity contribution in [2.75, 3.05) is 39.6 Å². The number of unbranched alkanes of at least 4 members (excludes halogenated alkanes) is 27. The van der Waals surface area contributed by atoms with Gasteiger partial charge in [0.05, 0.1) is 26.4 Å². The molecule has 0 saturated carbocycles. The van der Waals surface area contributed by atoms with Crippen LogP contribution in [0.4, 0.5) is 0 Å². The maximum atomic E-state index is 12.9. The third-order valence-corrected chi connectivity index (χ3v) is 15.1. The van der Waals surface area contributed by atoms with Crippen LogP contribution in [0.5, 0.6) is 0 Å². The molecule has 0 saturated heterocycles. The molecule has 0 radical (unpaired) electrons. The first-order chi connectivity index (χ1) is 36.9. The summed E-state index contributed by atoms with van der Waals surface area (Å²) in [6.07, 6.45) is 31.0. The Morgan fingerprint density at radius 2 is 0.597 bits per heavy atom. The molecule has 0 aromatic carbocycles. The molecule has 2 unspecified atom stereocenters. The second-order valence-corrected chi connectivity index (χ2v) is 24.9. The predicted molar refractivity (Wildman–Crippen MR) is 303 cm³/mol. The molecule has 19 heteroatoms. The van der Waals surface area contributed by atoms with Gasteiger partial charge < -0.3 is 33.8 Å². The number of aliphatic hydroxyl groups excluding tert-OH is 1. The van der Waals surface area contributed by atoms with Crippen molar-refractivity contribution < 1.29 is 80.2 Å². The Bertz CT molecular complexity index is 1530. The molecule has 3 N–H and O–H groups in total. The van der Waals surface area contributed by atoms with Gasteiger partial charge in [0.2, 0.25) is 0 Å². The van der Waals surface area contributed by atoms with Gasteiger partial charge in [0.1, 0.15) is 19.3 Å². The second-order valence-electron chi connectivity index (χ2n) is 22.0. The highest BCUT2D eigenvalue weighted by atomic mass is 31.2. The zero-order chi connectivity index (χ0) is 57.3. The number of phosphoric ester groups is 2. The summed E-state index contributed by atoms with van der Waals surface area (Å²) < 4.78 is 67.6. The standard InChI is InChI=1S/C58H112O17P2/c1-7-9-11-13-15-23-30-36-42-57(62)74-53(46-68-55(60)40-34-28-20-14-12-10-8-2)48-72-76(64,65)70-44-52(59)45-71-77(66,67)73-49-54(75-58(63)43-37-31-25-19-17-22-27-33-39-51(5)6)47-69-56(61)41-35-29-24-18-16-21-26-32-38-50(3)4/h50-54,59H,7-49H2,1-6H3,(H,64,65)(H,66,67)/t52-,53+,54+/m0/s1. The van der Waals surface area contributed by atoms with Crippen LogP contribution in [0.3, 0.4) is 0 Å². The largest absolute Gasteiger partial charge is 0.472 e. The monoisotopic (exact) mass is 1140 g/mol. The summed E-state index contributed by atoms with van der Waals surface area (Å²) in [6, 6.07) is 0. The molecular formula is C58H112O17P2. The van der Waals surface area contributed by atoms with Crippen LogP contribution in [-0.4, -0.2) is 96.7 Å². The average molecular weight is 1140 g/mol. The van der Waals surface area contributed by atoms with E-state index in [1.165, 1.54) is 77.0 Å². The second kappa shape index (κ2) is 51.0. The summed E-state index contributed by atoms with van der Waals surface area (Å²) in [5.41, 5.74) is 0. The molecule has 5 atom stereocenters. The maximum absolute atomic E-state index is 12.9. The van der Waals surface area contributed by atoms with Gasteiger partial charge in [0.25, 0.3) is 0 Å². The topological polar surface area (TPSA) is 237 Å². The Labute approximate surface area is 467 Å². The predicted octanol–water partition coefficient (Wildman–Crippen LogP) is 15.3. The molecule has 456 valence electrons. The van der Waals surface area contributed by atoms with Crippen LogP contribution in [0.25, 0.3) is 0 Å². The number of esters is 4. The first-order valence-electron chi connectivity index (χ1n) is 30.5. The molecule has 0 aliphatic carbocycles. The Morgan fingerprint density at radius 3 is 0.883 bits per heavy atom. The molecule has 0 heterocycles. The zero-order valence-electron chi connectivity index (χ0n) is 49.2. The summed E-state index contributed by atoms with van der Waals surface area (Å²) in [5.74, 6) is -0.706. The van der Waals surface area contributed by atoms with Gasteiger partial charge in [-0.25, -0.2) is 9.13 Å². The summed E-state index contributed by atoms with van der Waals surface area (Å²) in [6.45, 7) is 9.30. The van der Waals surface area contributed by atoms with Gasteiger partial charge in [-0.1, -0.05) is 228 Å². The van der Waals surface area contributed by atoms with Crippen LogP contribution in [0.1, 0.15) is 279 Å². The van der Waals surface area contributed by atoms with E-state index in [1.807, 2.05) is 0 Å². The molecule has 0 aliphatic rings. The number of carbonyl (C=O) groups excluding carboxylic acids is 4. The van der Waals surface area contributed by atoms with Gasteiger partial charge in [0, 0.05) is 25.7 Å². The molecule has 0 aromatic rings. The van der Waals surface area contributed by atoms with Crippen molar-refractivity contribution in [2.45, 2.75) is 297 Å².